The van der Waals surface area contributed by atoms with E-state index in [4.69, 9.17) is 15.9 Å². The maximum atomic E-state index is 14.4. The Morgan fingerprint density at radius 2 is 1.96 bits per heavy atom. The standard InChI is InChI=1S/C35H44I2N4O4S/c1-4-18-39-19-20-40-29(17-21-46-32-23-37-32)34(42)28(13-11-26-12-15-30(44-5-2)31(22-26)45-25-36-3)14-16-33(40)41(39)35(43)38-24-27-9-7-6-8-10-27/h1,6-10,12,15,22,28-29,33H,3,5,11,13-14,16-21,23-25H2,2H3,(H,38,43)/t28?,29-,33-/m0/s1. The number of terminal acetylenes is 1. The Labute approximate surface area is 297 Å². The van der Waals surface area contributed by atoms with Crippen LogP contribution in [0, 0.1) is 18.3 Å². The molecule has 46 heavy (non-hydrogen) atoms. The summed E-state index contributed by atoms with van der Waals surface area (Å²) in [6.45, 7) is 4.64. The van der Waals surface area contributed by atoms with Crippen LogP contribution in [0.1, 0.15) is 43.7 Å². The van der Waals surface area contributed by atoms with Gasteiger partial charge in [0.05, 0.1) is 19.2 Å². The number of aryl methyl sites for hydroxylation is 1. The summed E-state index contributed by atoms with van der Waals surface area (Å²) in [4.78, 5) is 30.6. The van der Waals surface area contributed by atoms with Gasteiger partial charge in [0.2, 0.25) is 0 Å². The Hall–Kier alpha value is -1.99. The second kappa shape index (κ2) is 18.0. The summed E-state index contributed by atoms with van der Waals surface area (Å²) in [5.74, 6) is 5.44. The van der Waals surface area contributed by atoms with Gasteiger partial charge in [-0.3, -0.25) is 9.69 Å². The highest BCUT2D eigenvalue weighted by Crippen LogP contribution is 2.36. The number of rotatable bonds is 15. The number of urea groups is 1. The molecule has 3 heterocycles. The fourth-order valence-electron chi connectivity index (χ4n) is 6.29. The minimum absolute atomic E-state index is 0.0847. The Morgan fingerprint density at radius 1 is 1.13 bits per heavy atom. The summed E-state index contributed by atoms with van der Waals surface area (Å²) in [5, 5.41) is 6.94. The molecule has 0 bridgehead atoms. The Balaban J connectivity index is 1.34. The number of benzene rings is 2. The number of ether oxygens (including phenoxy) is 2. The molecule has 5 rings (SSSR count). The minimum atomic E-state index is -0.253. The number of amides is 2. The van der Waals surface area contributed by atoms with E-state index in [-0.39, 0.29) is 65.6 Å². The first-order valence-corrected chi connectivity index (χ1v) is 22.5. The van der Waals surface area contributed by atoms with Crippen LogP contribution in [0.3, 0.4) is 0 Å². The molecule has 0 aromatic heterocycles. The molecular weight excluding hydrogens is 826 g/mol. The van der Waals surface area contributed by atoms with E-state index >= 15 is 0 Å². The molecule has 0 spiro atoms. The summed E-state index contributed by atoms with van der Waals surface area (Å²) < 4.78 is 19.4. The molecule has 3 atom stereocenters. The second-order valence-corrected chi connectivity index (χ2v) is 17.9. The Morgan fingerprint density at radius 3 is 2.70 bits per heavy atom. The molecule has 2 fully saturated rings. The van der Waals surface area contributed by atoms with E-state index in [9.17, 15) is 9.59 Å². The summed E-state index contributed by atoms with van der Waals surface area (Å²) in [6.07, 6.45) is 9.33. The molecule has 11 heteroatoms. The first-order chi connectivity index (χ1) is 22.5. The van der Waals surface area contributed by atoms with Crippen molar-refractivity contribution in [2.24, 2.45) is 5.92 Å². The van der Waals surface area contributed by atoms with E-state index < -0.39 is 0 Å². The van der Waals surface area contributed by atoms with Crippen LogP contribution >= 0.6 is 53.2 Å². The largest absolute Gasteiger partial charge is 0.490 e. The zero-order chi connectivity index (χ0) is 32.3. The van der Waals surface area contributed by atoms with Gasteiger partial charge in [0.25, 0.3) is 0 Å². The van der Waals surface area contributed by atoms with Gasteiger partial charge in [-0.2, -0.15) is 0 Å². The third-order valence-corrected chi connectivity index (χ3v) is 13.8. The average Bonchev–Trinajstić information content (AvgIpc) is 3.91. The number of fused-ring (bicyclic) bond motifs is 1. The zero-order valence-electron chi connectivity index (χ0n) is 26.5. The molecule has 0 saturated carbocycles. The maximum absolute atomic E-state index is 14.4. The highest BCUT2D eigenvalue weighted by atomic mass is 127. The molecule has 8 nitrogen and oxygen atoms in total. The van der Waals surface area contributed by atoms with E-state index in [1.165, 1.54) is 4.43 Å². The number of hydrogen-bond donors (Lipinski definition) is 1. The molecule has 248 valence electrons. The van der Waals surface area contributed by atoms with Crippen molar-refractivity contribution in [2.45, 2.75) is 57.8 Å². The first-order valence-electron chi connectivity index (χ1n) is 15.9. The topological polar surface area (TPSA) is 74.4 Å². The van der Waals surface area contributed by atoms with Gasteiger partial charge in [-0.15, -0.1) is 38.9 Å². The van der Waals surface area contributed by atoms with E-state index in [1.807, 2.05) is 65.1 Å². The molecule has 2 amide bonds. The summed E-state index contributed by atoms with van der Waals surface area (Å²) in [7, 11) is 0. The molecule has 2 aromatic rings. The van der Waals surface area contributed by atoms with Crippen molar-refractivity contribution in [1.82, 2.24) is 20.2 Å². The summed E-state index contributed by atoms with van der Waals surface area (Å²) in [5.41, 5.74) is 2.18. The van der Waals surface area contributed by atoms with E-state index in [0.29, 0.717) is 49.6 Å². The molecule has 3 aliphatic heterocycles. The van der Waals surface area contributed by atoms with Crippen LogP contribution in [0.25, 0.3) is 0 Å². The normalized spacial score (nSPS) is 21.7. The summed E-state index contributed by atoms with van der Waals surface area (Å²) >= 11 is 1.99. The minimum Gasteiger partial charge on any atom is -0.490 e. The number of ketones is 1. The van der Waals surface area contributed by atoms with Gasteiger partial charge in [0.1, 0.15) is 10.8 Å². The molecule has 3 aliphatic rings. The monoisotopic (exact) mass is 870 g/mol. The number of nitrogens with zero attached hydrogens (tertiary/aromatic N) is 3. The Bertz CT molecular complexity index is 1440. The summed E-state index contributed by atoms with van der Waals surface area (Å²) in [6, 6.07) is 15.7. The molecule has 2 aromatic carbocycles. The molecule has 1 unspecified atom stereocenters. The van der Waals surface area contributed by atoms with Gasteiger partial charge in [-0.05, 0) is 62.3 Å². The van der Waals surface area contributed by atoms with Crippen molar-refractivity contribution in [1.29, 1.82) is 0 Å². The van der Waals surface area contributed by atoms with Crippen molar-refractivity contribution in [2.75, 3.05) is 41.0 Å². The number of carbonyl (C=O) groups excluding carboxylic acids is 2. The number of Topliss-reactive ketones (excluding diaryl/α,β-unsaturated/α-hetero) is 1. The highest BCUT2D eigenvalue weighted by Gasteiger charge is 2.46. The van der Waals surface area contributed by atoms with E-state index in [1.54, 1.807) is 2.84 Å². The van der Waals surface area contributed by atoms with Crippen LogP contribution in [-0.2, 0) is 17.8 Å². The number of thioether (sulfide) groups is 1. The number of halogens is 2. The van der Waals surface area contributed by atoms with Gasteiger partial charge < -0.3 is 14.8 Å². The molecule has 2 saturated heterocycles. The van der Waals surface area contributed by atoms with Crippen LogP contribution in [0.5, 0.6) is 11.5 Å². The third kappa shape index (κ3) is 9.55. The first kappa shape index (κ1) is 35.3. The highest BCUT2D eigenvalue weighted by molar-refractivity contribution is 14.2. The lowest BCUT2D eigenvalue weighted by Gasteiger charge is -2.50. The quantitative estimate of drug-likeness (QED) is 0.133. The van der Waals surface area contributed by atoms with Gasteiger partial charge >= 0.3 is 6.03 Å². The SMILES string of the molecule is C#CCN1CCN2[C@@H](CCSC3=IC3)C(=O)C(CCc3ccc(OCC)c(OCI=C)c3)CC[C@@H]2N1C(=O)NCc1ccccc1. The lowest BCUT2D eigenvalue weighted by molar-refractivity contribution is -0.142. The van der Waals surface area contributed by atoms with Gasteiger partial charge in [-0.1, -0.05) is 67.6 Å². The van der Waals surface area contributed by atoms with Crippen LogP contribution in [0.15, 0.2) is 48.5 Å². The lowest BCUT2D eigenvalue weighted by atomic mass is 9.88. The predicted molar refractivity (Wildman–Crippen MR) is 206 cm³/mol. The molecule has 0 aliphatic carbocycles. The van der Waals surface area contributed by atoms with Crippen molar-refractivity contribution in [3.8, 4) is 23.8 Å². The van der Waals surface area contributed by atoms with Crippen molar-refractivity contribution in [3.63, 3.8) is 0 Å². The fourth-order valence-corrected chi connectivity index (χ4v) is 10.1. The van der Waals surface area contributed by atoms with Crippen LogP contribution in [0.4, 0.5) is 4.79 Å². The van der Waals surface area contributed by atoms with Gasteiger partial charge in [0.15, 0.2) is 17.3 Å². The van der Waals surface area contributed by atoms with E-state index in [2.05, 4.69) is 32.8 Å². The maximum Gasteiger partial charge on any atom is 0.333 e. The number of hydrogen-bond acceptors (Lipinski definition) is 7. The van der Waals surface area contributed by atoms with Crippen LogP contribution in [0.2, 0.25) is 0 Å². The lowest BCUT2D eigenvalue weighted by Crippen LogP contribution is -2.68. The van der Waals surface area contributed by atoms with Crippen LogP contribution < -0.4 is 14.8 Å². The molecular formula is C35H44I2N4O4S. The average molecular weight is 871 g/mol. The van der Waals surface area contributed by atoms with Gasteiger partial charge in [0, 0.05) is 38.6 Å². The van der Waals surface area contributed by atoms with Gasteiger partial charge in [-0.25, -0.2) is 14.8 Å². The zero-order valence-corrected chi connectivity index (χ0v) is 31.6. The number of alkyl halides is 2. The van der Waals surface area contributed by atoms with E-state index in [0.717, 1.165) is 54.1 Å². The number of nitrogens with one attached hydrogen (secondary N) is 1. The van der Waals surface area contributed by atoms with Crippen molar-refractivity contribution in [3.05, 3.63) is 59.7 Å². The van der Waals surface area contributed by atoms with Crippen LogP contribution in [-0.4, -0.2) is 87.3 Å². The van der Waals surface area contributed by atoms with Crippen molar-refractivity contribution < 1.29 is 19.1 Å². The number of hydrazine groups is 1. The molecule has 0 radical (unpaired) electrons. The molecule has 1 N–H and O–H groups in total. The Kier molecular flexibility index (Phi) is 13.8. The number of carbonyl (C=O) groups is 2. The second-order valence-electron chi connectivity index (χ2n) is 11.4. The smallest absolute Gasteiger partial charge is 0.333 e. The predicted octanol–water partition coefficient (Wildman–Crippen LogP) is 6.05. The fraction of sp³-hybridized carbons (Fsp3) is 0.486. The third-order valence-electron chi connectivity index (χ3n) is 8.53. The van der Waals surface area contributed by atoms with Crippen molar-refractivity contribution >= 4 is 72.4 Å².